The molecule has 0 bridgehead atoms. The smallest absolute Gasteiger partial charge is 0.124 e. The summed E-state index contributed by atoms with van der Waals surface area (Å²) < 4.78 is 18.3. The number of benzene rings is 2. The van der Waals surface area contributed by atoms with E-state index in [4.69, 9.17) is 10.5 Å². The first kappa shape index (κ1) is 13.4. The normalized spacial score (nSPS) is 10.3. The van der Waals surface area contributed by atoms with Gasteiger partial charge in [0.1, 0.15) is 11.6 Å². The Morgan fingerprint density at radius 2 is 2.05 bits per heavy atom. The lowest BCUT2D eigenvalue weighted by molar-refractivity contribution is 0.415. The van der Waals surface area contributed by atoms with Crippen molar-refractivity contribution in [3.8, 4) is 5.75 Å². The molecule has 2 rings (SSSR count). The molecule has 0 spiro atoms. The van der Waals surface area contributed by atoms with E-state index in [1.165, 1.54) is 12.1 Å². The van der Waals surface area contributed by atoms with Gasteiger partial charge < -0.3 is 15.8 Å². The minimum atomic E-state index is -0.302. The molecule has 0 amide bonds. The number of hydrogen-bond donors (Lipinski definition) is 2. The summed E-state index contributed by atoms with van der Waals surface area (Å²) in [5.74, 6) is 0.496. The summed E-state index contributed by atoms with van der Waals surface area (Å²) in [6, 6.07) is 13.2. The highest BCUT2D eigenvalue weighted by atomic mass is 19.1. The number of hydrogen-bond acceptors (Lipinski definition) is 3. The fourth-order valence-electron chi connectivity index (χ4n) is 1.80. The minimum Gasteiger partial charge on any atom is -0.497 e. The zero-order valence-corrected chi connectivity index (χ0v) is 10.7. The molecule has 0 saturated carbocycles. The SMILES string of the molecule is COc1ccc(NCc2cc(F)c[c]c2CN)cc1. The van der Waals surface area contributed by atoms with Crippen LogP contribution in [-0.4, -0.2) is 7.11 Å². The van der Waals surface area contributed by atoms with Gasteiger partial charge in [0.2, 0.25) is 0 Å². The lowest BCUT2D eigenvalue weighted by atomic mass is 10.1. The number of methoxy groups -OCH3 is 1. The van der Waals surface area contributed by atoms with Gasteiger partial charge in [-0.15, -0.1) is 0 Å². The molecule has 0 saturated heterocycles. The highest BCUT2D eigenvalue weighted by molar-refractivity contribution is 5.47. The zero-order valence-electron chi connectivity index (χ0n) is 10.7. The van der Waals surface area contributed by atoms with Crippen LogP contribution in [0.5, 0.6) is 5.75 Å². The largest absolute Gasteiger partial charge is 0.497 e. The Kier molecular flexibility index (Phi) is 4.36. The van der Waals surface area contributed by atoms with E-state index >= 15 is 0 Å². The number of ether oxygens (including phenoxy) is 1. The van der Waals surface area contributed by atoms with Crippen molar-refractivity contribution >= 4 is 5.69 Å². The van der Waals surface area contributed by atoms with Crippen molar-refractivity contribution in [2.45, 2.75) is 13.1 Å². The maximum Gasteiger partial charge on any atom is 0.124 e. The first-order valence-electron chi connectivity index (χ1n) is 6.00. The molecule has 99 valence electrons. The summed E-state index contributed by atoms with van der Waals surface area (Å²) in [5, 5.41) is 3.22. The van der Waals surface area contributed by atoms with Gasteiger partial charge in [0.25, 0.3) is 0 Å². The number of nitrogens with two attached hydrogens (primary N) is 1. The molecule has 0 aliphatic heterocycles. The summed E-state index contributed by atoms with van der Waals surface area (Å²) in [4.78, 5) is 0. The molecule has 0 aliphatic rings. The monoisotopic (exact) mass is 259 g/mol. The van der Waals surface area contributed by atoms with E-state index in [0.717, 1.165) is 22.6 Å². The van der Waals surface area contributed by atoms with Crippen LogP contribution in [0.25, 0.3) is 0 Å². The molecule has 0 fully saturated rings. The molecule has 0 atom stereocenters. The van der Waals surface area contributed by atoms with E-state index in [1.54, 1.807) is 7.11 Å². The third kappa shape index (κ3) is 3.45. The van der Waals surface area contributed by atoms with E-state index < -0.39 is 0 Å². The van der Waals surface area contributed by atoms with Crippen LogP contribution < -0.4 is 15.8 Å². The molecule has 4 heteroatoms. The van der Waals surface area contributed by atoms with Crippen LogP contribution in [0, 0.1) is 11.9 Å². The van der Waals surface area contributed by atoms with E-state index in [0.29, 0.717) is 13.1 Å². The molecule has 3 nitrogen and oxygen atoms in total. The van der Waals surface area contributed by atoms with Crippen LogP contribution in [0.3, 0.4) is 0 Å². The number of nitrogens with one attached hydrogen (secondary N) is 1. The second-order valence-electron chi connectivity index (χ2n) is 4.11. The fraction of sp³-hybridized carbons (Fsp3) is 0.200. The Morgan fingerprint density at radius 1 is 1.32 bits per heavy atom. The van der Waals surface area contributed by atoms with Gasteiger partial charge in [0.05, 0.1) is 7.11 Å². The first-order valence-corrected chi connectivity index (χ1v) is 6.00. The summed E-state index contributed by atoms with van der Waals surface area (Å²) in [6.45, 7) is 0.854. The summed E-state index contributed by atoms with van der Waals surface area (Å²) in [5.41, 5.74) is 8.19. The third-order valence-electron chi connectivity index (χ3n) is 2.86. The zero-order chi connectivity index (χ0) is 13.7. The quantitative estimate of drug-likeness (QED) is 0.868. The van der Waals surface area contributed by atoms with Gasteiger partial charge in [-0.2, -0.15) is 0 Å². The molecule has 2 aromatic carbocycles. The molecule has 0 unspecified atom stereocenters. The Morgan fingerprint density at radius 3 is 2.68 bits per heavy atom. The van der Waals surface area contributed by atoms with Crippen LogP contribution in [0.2, 0.25) is 0 Å². The molecular weight excluding hydrogens is 243 g/mol. The predicted molar refractivity (Wildman–Crippen MR) is 73.4 cm³/mol. The predicted octanol–water partition coefficient (Wildman–Crippen LogP) is 2.71. The summed E-state index contributed by atoms with van der Waals surface area (Å²) >= 11 is 0. The van der Waals surface area contributed by atoms with Crippen molar-refractivity contribution < 1.29 is 9.13 Å². The second kappa shape index (κ2) is 6.20. The van der Waals surface area contributed by atoms with Gasteiger partial charge >= 0.3 is 0 Å². The highest BCUT2D eigenvalue weighted by Gasteiger charge is 2.03. The minimum absolute atomic E-state index is 0.302. The Balaban J connectivity index is 2.07. The maximum absolute atomic E-state index is 13.2. The Bertz CT molecular complexity index is 540. The van der Waals surface area contributed by atoms with Gasteiger partial charge in [-0.05, 0) is 53.6 Å². The lowest BCUT2D eigenvalue weighted by Gasteiger charge is -2.10. The van der Waals surface area contributed by atoms with Crippen molar-refractivity contribution in [2.75, 3.05) is 12.4 Å². The van der Waals surface area contributed by atoms with Gasteiger partial charge in [-0.3, -0.25) is 0 Å². The lowest BCUT2D eigenvalue weighted by Crippen LogP contribution is -2.07. The first-order chi connectivity index (χ1) is 9.22. The number of rotatable bonds is 5. The molecule has 0 heterocycles. The van der Waals surface area contributed by atoms with Crippen LogP contribution in [-0.2, 0) is 13.1 Å². The standard InChI is InChI=1S/C15H16FN2O/c1-19-15-6-4-14(5-7-15)18-10-12-8-13(16)3-2-11(12)9-17/h3-8,18H,9-10,17H2,1H3. The van der Waals surface area contributed by atoms with Crippen molar-refractivity contribution in [3.05, 3.63) is 59.4 Å². The molecule has 3 N–H and O–H groups in total. The van der Waals surface area contributed by atoms with Gasteiger partial charge in [0, 0.05) is 18.8 Å². The van der Waals surface area contributed by atoms with Crippen LogP contribution in [0.15, 0.2) is 36.4 Å². The van der Waals surface area contributed by atoms with E-state index in [1.807, 2.05) is 24.3 Å². The third-order valence-corrected chi connectivity index (χ3v) is 2.86. The Hall–Kier alpha value is -2.07. The van der Waals surface area contributed by atoms with Gasteiger partial charge in [0.15, 0.2) is 0 Å². The summed E-state index contributed by atoms with van der Waals surface area (Å²) in [6.07, 6.45) is 0. The van der Waals surface area contributed by atoms with Crippen molar-refractivity contribution in [2.24, 2.45) is 5.73 Å². The van der Waals surface area contributed by atoms with Crippen LogP contribution in [0.1, 0.15) is 11.1 Å². The van der Waals surface area contributed by atoms with E-state index in [-0.39, 0.29) is 5.82 Å². The van der Waals surface area contributed by atoms with Crippen LogP contribution >= 0.6 is 0 Å². The number of halogens is 1. The summed E-state index contributed by atoms with van der Waals surface area (Å²) in [7, 11) is 1.62. The molecule has 19 heavy (non-hydrogen) atoms. The van der Waals surface area contributed by atoms with Gasteiger partial charge in [-0.25, -0.2) is 4.39 Å². The number of anilines is 1. The Labute approximate surface area is 112 Å². The van der Waals surface area contributed by atoms with Crippen LogP contribution in [0.4, 0.5) is 10.1 Å². The van der Waals surface area contributed by atoms with Gasteiger partial charge in [-0.1, -0.05) is 0 Å². The molecule has 0 aliphatic carbocycles. The fourth-order valence-corrected chi connectivity index (χ4v) is 1.80. The van der Waals surface area contributed by atoms with E-state index in [9.17, 15) is 4.39 Å². The van der Waals surface area contributed by atoms with Crippen molar-refractivity contribution in [1.82, 2.24) is 0 Å². The molecule has 2 aromatic rings. The highest BCUT2D eigenvalue weighted by Crippen LogP contribution is 2.17. The van der Waals surface area contributed by atoms with Crippen molar-refractivity contribution in [3.63, 3.8) is 0 Å². The molecular formula is C15H16FN2O. The second-order valence-corrected chi connectivity index (χ2v) is 4.11. The maximum atomic E-state index is 13.2. The van der Waals surface area contributed by atoms with Crippen molar-refractivity contribution in [1.29, 1.82) is 0 Å². The average Bonchev–Trinajstić information content (AvgIpc) is 2.46. The molecule has 0 aromatic heterocycles. The topological polar surface area (TPSA) is 47.3 Å². The molecule has 1 radical (unpaired) electrons. The average molecular weight is 259 g/mol. The van der Waals surface area contributed by atoms with E-state index in [2.05, 4.69) is 11.4 Å².